The lowest BCUT2D eigenvalue weighted by Gasteiger charge is -2.17. The second kappa shape index (κ2) is 4.73. The van der Waals surface area contributed by atoms with Gasteiger partial charge >= 0.3 is 0 Å². The van der Waals surface area contributed by atoms with Gasteiger partial charge in [-0.25, -0.2) is 0 Å². The van der Waals surface area contributed by atoms with Crippen molar-refractivity contribution in [2.75, 3.05) is 19.6 Å². The zero-order valence-electron chi connectivity index (χ0n) is 10.9. The van der Waals surface area contributed by atoms with Gasteiger partial charge in [0, 0.05) is 19.1 Å². The standard InChI is InChI=1S/C15H20N2O/c1-11-3-2-4-12(7-11)8-15(18)17-9-13-5-6-16-14(13)10-17/h2-4,7,13-14,16H,5-6,8-10H2,1H3/t13-,14+/m0/s1. The second-order valence-electron chi connectivity index (χ2n) is 5.57. The number of hydrogen-bond donors (Lipinski definition) is 1. The average molecular weight is 244 g/mol. The van der Waals surface area contributed by atoms with Gasteiger partial charge in [0.2, 0.25) is 5.91 Å². The summed E-state index contributed by atoms with van der Waals surface area (Å²) in [5.74, 6) is 0.961. The van der Waals surface area contributed by atoms with Gasteiger partial charge in [-0.2, -0.15) is 0 Å². The maximum absolute atomic E-state index is 12.3. The molecule has 2 fully saturated rings. The van der Waals surface area contributed by atoms with Gasteiger partial charge in [-0.05, 0) is 31.4 Å². The van der Waals surface area contributed by atoms with E-state index in [0.29, 0.717) is 18.4 Å². The molecule has 1 amide bonds. The summed E-state index contributed by atoms with van der Waals surface area (Å²) in [7, 11) is 0. The minimum atomic E-state index is 0.275. The summed E-state index contributed by atoms with van der Waals surface area (Å²) in [6.07, 6.45) is 1.76. The lowest BCUT2D eigenvalue weighted by Crippen LogP contribution is -2.34. The van der Waals surface area contributed by atoms with Gasteiger partial charge in [0.15, 0.2) is 0 Å². The van der Waals surface area contributed by atoms with Gasteiger partial charge in [0.25, 0.3) is 0 Å². The molecule has 3 heteroatoms. The van der Waals surface area contributed by atoms with Crippen molar-refractivity contribution in [2.24, 2.45) is 5.92 Å². The van der Waals surface area contributed by atoms with Gasteiger partial charge in [-0.15, -0.1) is 0 Å². The second-order valence-corrected chi connectivity index (χ2v) is 5.57. The van der Waals surface area contributed by atoms with E-state index in [2.05, 4.69) is 24.4 Å². The lowest BCUT2D eigenvalue weighted by molar-refractivity contribution is -0.129. The third kappa shape index (κ3) is 2.27. The summed E-state index contributed by atoms with van der Waals surface area (Å²) < 4.78 is 0. The summed E-state index contributed by atoms with van der Waals surface area (Å²) in [5, 5.41) is 3.48. The predicted molar refractivity (Wildman–Crippen MR) is 71.4 cm³/mol. The van der Waals surface area contributed by atoms with E-state index in [1.165, 1.54) is 12.0 Å². The molecule has 18 heavy (non-hydrogen) atoms. The number of benzene rings is 1. The van der Waals surface area contributed by atoms with E-state index in [4.69, 9.17) is 0 Å². The number of nitrogens with one attached hydrogen (secondary N) is 1. The Kier molecular flexibility index (Phi) is 3.08. The van der Waals surface area contributed by atoms with Crippen LogP contribution in [-0.4, -0.2) is 36.5 Å². The Bertz CT molecular complexity index is 446. The summed E-state index contributed by atoms with van der Waals surface area (Å²) >= 11 is 0. The summed E-state index contributed by atoms with van der Waals surface area (Å²) in [6.45, 7) is 5.03. The highest BCUT2D eigenvalue weighted by Gasteiger charge is 2.37. The molecule has 0 aromatic heterocycles. The molecular weight excluding hydrogens is 224 g/mol. The summed E-state index contributed by atoms with van der Waals surface area (Å²) in [4.78, 5) is 14.3. The molecular formula is C15H20N2O. The number of likely N-dealkylation sites (tertiary alicyclic amines) is 1. The molecule has 0 spiro atoms. The summed E-state index contributed by atoms with van der Waals surface area (Å²) in [6, 6.07) is 8.79. The fourth-order valence-corrected chi connectivity index (χ4v) is 3.16. The minimum absolute atomic E-state index is 0.275. The van der Waals surface area contributed by atoms with Crippen molar-refractivity contribution in [2.45, 2.75) is 25.8 Å². The van der Waals surface area contributed by atoms with Crippen LogP contribution < -0.4 is 5.32 Å². The Morgan fingerprint density at radius 3 is 3.11 bits per heavy atom. The van der Waals surface area contributed by atoms with Gasteiger partial charge in [-0.1, -0.05) is 29.8 Å². The molecule has 2 aliphatic heterocycles. The molecule has 0 bridgehead atoms. The molecule has 2 saturated heterocycles. The maximum Gasteiger partial charge on any atom is 0.227 e. The minimum Gasteiger partial charge on any atom is -0.340 e. The van der Waals surface area contributed by atoms with Gasteiger partial charge in [0.1, 0.15) is 0 Å². The monoisotopic (exact) mass is 244 g/mol. The lowest BCUT2D eigenvalue weighted by atomic mass is 10.1. The van der Waals surface area contributed by atoms with Crippen LogP contribution in [0, 0.1) is 12.8 Å². The number of nitrogens with zero attached hydrogens (tertiary/aromatic N) is 1. The molecule has 2 heterocycles. The van der Waals surface area contributed by atoms with Crippen molar-refractivity contribution in [1.29, 1.82) is 0 Å². The molecule has 1 aromatic carbocycles. The third-order valence-corrected chi connectivity index (χ3v) is 4.15. The zero-order chi connectivity index (χ0) is 12.5. The van der Waals surface area contributed by atoms with Crippen LogP contribution in [0.1, 0.15) is 17.5 Å². The van der Waals surface area contributed by atoms with E-state index in [1.54, 1.807) is 0 Å². The van der Waals surface area contributed by atoms with Gasteiger partial charge in [0.05, 0.1) is 6.42 Å². The molecule has 0 saturated carbocycles. The van der Waals surface area contributed by atoms with Crippen molar-refractivity contribution < 1.29 is 4.79 Å². The van der Waals surface area contributed by atoms with E-state index < -0.39 is 0 Å². The number of rotatable bonds is 2. The van der Waals surface area contributed by atoms with Crippen molar-refractivity contribution in [3.8, 4) is 0 Å². The maximum atomic E-state index is 12.3. The van der Waals surface area contributed by atoms with Crippen molar-refractivity contribution in [3.05, 3.63) is 35.4 Å². The zero-order valence-corrected chi connectivity index (χ0v) is 10.9. The van der Waals surface area contributed by atoms with Crippen LogP contribution >= 0.6 is 0 Å². The van der Waals surface area contributed by atoms with E-state index >= 15 is 0 Å². The van der Waals surface area contributed by atoms with Crippen LogP contribution in [0.3, 0.4) is 0 Å². The first-order valence-electron chi connectivity index (χ1n) is 6.79. The first kappa shape index (κ1) is 11.7. The molecule has 2 atom stereocenters. The van der Waals surface area contributed by atoms with Crippen LogP contribution in [0.5, 0.6) is 0 Å². The van der Waals surface area contributed by atoms with Crippen molar-refractivity contribution in [1.82, 2.24) is 10.2 Å². The van der Waals surface area contributed by atoms with E-state index in [9.17, 15) is 4.79 Å². The number of fused-ring (bicyclic) bond motifs is 1. The van der Waals surface area contributed by atoms with Crippen LogP contribution in [0.4, 0.5) is 0 Å². The number of carbonyl (C=O) groups is 1. The highest BCUT2D eigenvalue weighted by atomic mass is 16.2. The molecule has 1 aromatic rings. The van der Waals surface area contributed by atoms with E-state index in [0.717, 1.165) is 25.2 Å². The highest BCUT2D eigenvalue weighted by Crippen LogP contribution is 2.25. The molecule has 0 aliphatic carbocycles. The first-order valence-corrected chi connectivity index (χ1v) is 6.79. The van der Waals surface area contributed by atoms with Crippen molar-refractivity contribution in [3.63, 3.8) is 0 Å². The van der Waals surface area contributed by atoms with Crippen molar-refractivity contribution >= 4 is 5.91 Å². The first-order chi connectivity index (χ1) is 8.72. The molecule has 0 unspecified atom stereocenters. The fourth-order valence-electron chi connectivity index (χ4n) is 3.16. The van der Waals surface area contributed by atoms with Crippen LogP contribution in [-0.2, 0) is 11.2 Å². The topological polar surface area (TPSA) is 32.3 Å². The quantitative estimate of drug-likeness (QED) is 0.852. The smallest absolute Gasteiger partial charge is 0.227 e. The molecule has 3 nitrogen and oxygen atoms in total. The third-order valence-electron chi connectivity index (χ3n) is 4.15. The number of amides is 1. The fraction of sp³-hybridized carbons (Fsp3) is 0.533. The Balaban J connectivity index is 1.62. The van der Waals surface area contributed by atoms with Crippen LogP contribution in [0.25, 0.3) is 0 Å². The Morgan fingerprint density at radius 2 is 2.33 bits per heavy atom. The molecule has 1 N–H and O–H groups in total. The Morgan fingerprint density at radius 1 is 1.44 bits per heavy atom. The molecule has 3 rings (SSSR count). The predicted octanol–water partition coefficient (Wildman–Crippen LogP) is 1.36. The molecule has 0 radical (unpaired) electrons. The Hall–Kier alpha value is -1.35. The van der Waals surface area contributed by atoms with E-state index in [-0.39, 0.29) is 5.91 Å². The number of carbonyl (C=O) groups excluding carboxylic acids is 1. The summed E-state index contributed by atoms with van der Waals surface area (Å²) in [5.41, 5.74) is 2.35. The number of hydrogen-bond acceptors (Lipinski definition) is 2. The molecule has 96 valence electrons. The van der Waals surface area contributed by atoms with Gasteiger partial charge in [-0.3, -0.25) is 4.79 Å². The number of aryl methyl sites for hydroxylation is 1. The normalized spacial score (nSPS) is 26.4. The highest BCUT2D eigenvalue weighted by molar-refractivity contribution is 5.79. The Labute approximate surface area is 108 Å². The van der Waals surface area contributed by atoms with Gasteiger partial charge < -0.3 is 10.2 Å². The SMILES string of the molecule is Cc1cccc(CC(=O)N2C[C@@H]3CCN[C@@H]3C2)c1. The largest absolute Gasteiger partial charge is 0.340 e. The van der Waals surface area contributed by atoms with Crippen LogP contribution in [0.15, 0.2) is 24.3 Å². The average Bonchev–Trinajstić information content (AvgIpc) is 2.88. The molecule has 2 aliphatic rings. The van der Waals surface area contributed by atoms with E-state index in [1.807, 2.05) is 17.0 Å². The van der Waals surface area contributed by atoms with Crippen LogP contribution in [0.2, 0.25) is 0 Å².